The van der Waals surface area contributed by atoms with Crippen LogP contribution in [0.1, 0.15) is 15.9 Å². The standard InChI is InChI=1S/C15H14N2O4/c18-11-16-17-21-15(19)13-6-8-14(9-7-13)20-10-12-4-2-1-3-5-12/h1-9,11,17H,10H2,(H,16,18). The first-order chi connectivity index (χ1) is 10.3. The molecular formula is C15H14N2O4. The van der Waals surface area contributed by atoms with Gasteiger partial charge in [0.25, 0.3) is 0 Å². The topological polar surface area (TPSA) is 76.7 Å². The molecule has 6 heteroatoms. The smallest absolute Gasteiger partial charge is 0.358 e. The second-order valence-electron chi connectivity index (χ2n) is 4.05. The first-order valence-electron chi connectivity index (χ1n) is 6.22. The van der Waals surface area contributed by atoms with E-state index in [9.17, 15) is 9.59 Å². The van der Waals surface area contributed by atoms with Crippen LogP contribution in [-0.4, -0.2) is 12.4 Å². The Labute approximate surface area is 121 Å². The minimum Gasteiger partial charge on any atom is -0.489 e. The maximum absolute atomic E-state index is 11.5. The lowest BCUT2D eigenvalue weighted by atomic mass is 10.2. The average Bonchev–Trinajstić information content (AvgIpc) is 2.54. The molecule has 0 radical (unpaired) electrons. The number of carbonyl (C=O) groups excluding carboxylic acids is 2. The average molecular weight is 286 g/mol. The molecular weight excluding hydrogens is 272 g/mol. The van der Waals surface area contributed by atoms with Crippen molar-refractivity contribution in [2.75, 3.05) is 0 Å². The molecule has 0 fully saturated rings. The Morgan fingerprint density at radius 1 is 1.05 bits per heavy atom. The fraction of sp³-hybridized carbons (Fsp3) is 0.0667. The molecule has 2 N–H and O–H groups in total. The summed E-state index contributed by atoms with van der Waals surface area (Å²) in [5.41, 5.74) is 5.39. The van der Waals surface area contributed by atoms with E-state index < -0.39 is 5.97 Å². The van der Waals surface area contributed by atoms with Crippen LogP contribution in [0.15, 0.2) is 54.6 Å². The van der Waals surface area contributed by atoms with Gasteiger partial charge in [0, 0.05) is 0 Å². The molecule has 0 heterocycles. The molecule has 21 heavy (non-hydrogen) atoms. The zero-order chi connectivity index (χ0) is 14.9. The highest BCUT2D eigenvalue weighted by Crippen LogP contribution is 2.14. The number of hydrogen-bond donors (Lipinski definition) is 2. The van der Waals surface area contributed by atoms with Crippen LogP contribution in [0.5, 0.6) is 5.75 Å². The van der Waals surface area contributed by atoms with Crippen molar-refractivity contribution in [3.63, 3.8) is 0 Å². The molecule has 0 saturated carbocycles. The molecule has 0 bridgehead atoms. The predicted molar refractivity (Wildman–Crippen MR) is 75.0 cm³/mol. The van der Waals surface area contributed by atoms with Gasteiger partial charge in [0.2, 0.25) is 6.41 Å². The summed E-state index contributed by atoms with van der Waals surface area (Å²) in [6.07, 6.45) is 0.355. The lowest BCUT2D eigenvalue weighted by molar-refractivity contribution is -0.113. The number of hydrogen-bond acceptors (Lipinski definition) is 5. The van der Waals surface area contributed by atoms with Gasteiger partial charge in [-0.1, -0.05) is 35.9 Å². The van der Waals surface area contributed by atoms with Gasteiger partial charge in [-0.05, 0) is 29.8 Å². The van der Waals surface area contributed by atoms with Gasteiger partial charge in [0.05, 0.1) is 5.56 Å². The maximum Gasteiger partial charge on any atom is 0.358 e. The number of amides is 1. The van der Waals surface area contributed by atoms with Crippen LogP contribution >= 0.6 is 0 Å². The molecule has 2 aromatic carbocycles. The number of rotatable bonds is 7. The third kappa shape index (κ3) is 4.63. The Morgan fingerprint density at radius 2 is 1.76 bits per heavy atom. The van der Waals surface area contributed by atoms with Crippen LogP contribution in [0.2, 0.25) is 0 Å². The van der Waals surface area contributed by atoms with E-state index in [1.807, 2.05) is 41.3 Å². The fourth-order valence-electron chi connectivity index (χ4n) is 1.59. The Hall–Kier alpha value is -2.86. The van der Waals surface area contributed by atoms with Crippen LogP contribution in [0.25, 0.3) is 0 Å². The van der Waals surface area contributed by atoms with E-state index in [-0.39, 0.29) is 0 Å². The summed E-state index contributed by atoms with van der Waals surface area (Å²) >= 11 is 0. The zero-order valence-corrected chi connectivity index (χ0v) is 11.1. The van der Waals surface area contributed by atoms with Gasteiger partial charge >= 0.3 is 5.97 Å². The van der Waals surface area contributed by atoms with Crippen LogP contribution < -0.4 is 15.8 Å². The molecule has 2 aromatic rings. The quantitative estimate of drug-likeness (QED) is 0.459. The molecule has 0 aliphatic carbocycles. The summed E-state index contributed by atoms with van der Waals surface area (Å²) < 4.78 is 5.60. The Morgan fingerprint density at radius 3 is 2.43 bits per heavy atom. The molecule has 0 aliphatic rings. The van der Waals surface area contributed by atoms with Gasteiger partial charge in [-0.2, -0.15) is 0 Å². The Bertz CT molecular complexity index is 584. The van der Waals surface area contributed by atoms with Crippen molar-refractivity contribution in [2.45, 2.75) is 6.61 Å². The lowest BCUT2D eigenvalue weighted by Gasteiger charge is -2.07. The molecule has 0 saturated heterocycles. The number of ether oxygens (including phenoxy) is 1. The van der Waals surface area contributed by atoms with Crippen molar-refractivity contribution in [3.8, 4) is 5.75 Å². The fourth-order valence-corrected chi connectivity index (χ4v) is 1.59. The first-order valence-corrected chi connectivity index (χ1v) is 6.22. The SMILES string of the molecule is O=CNNOC(=O)c1ccc(OCc2ccccc2)cc1. The van der Waals surface area contributed by atoms with Crippen LogP contribution in [0.3, 0.4) is 0 Å². The number of carbonyl (C=O) groups is 2. The van der Waals surface area contributed by atoms with E-state index in [2.05, 4.69) is 4.84 Å². The van der Waals surface area contributed by atoms with Crippen LogP contribution in [-0.2, 0) is 16.2 Å². The van der Waals surface area contributed by atoms with Crippen LogP contribution in [0.4, 0.5) is 0 Å². The molecule has 1 amide bonds. The van der Waals surface area contributed by atoms with Crippen molar-refractivity contribution < 1.29 is 19.2 Å². The van der Waals surface area contributed by atoms with Gasteiger partial charge in [0.1, 0.15) is 12.4 Å². The van der Waals surface area contributed by atoms with Gasteiger partial charge in [-0.25, -0.2) is 4.79 Å². The third-order valence-electron chi connectivity index (χ3n) is 2.60. The van der Waals surface area contributed by atoms with E-state index in [0.717, 1.165) is 5.56 Å². The normalized spacial score (nSPS) is 9.71. The van der Waals surface area contributed by atoms with E-state index >= 15 is 0 Å². The third-order valence-corrected chi connectivity index (χ3v) is 2.60. The molecule has 0 aliphatic heterocycles. The van der Waals surface area contributed by atoms with Crippen molar-refractivity contribution in [3.05, 3.63) is 65.7 Å². The predicted octanol–water partition coefficient (Wildman–Crippen LogP) is 1.59. The molecule has 2 rings (SSSR count). The van der Waals surface area contributed by atoms with E-state index in [0.29, 0.717) is 24.3 Å². The summed E-state index contributed by atoms with van der Waals surface area (Å²) in [5.74, 6) is 0.0355. The molecule has 0 spiro atoms. The van der Waals surface area contributed by atoms with Crippen molar-refractivity contribution in [1.29, 1.82) is 0 Å². The Kier molecular flexibility index (Phi) is 5.31. The summed E-state index contributed by atoms with van der Waals surface area (Å²) in [4.78, 5) is 26.1. The second kappa shape index (κ2) is 7.66. The van der Waals surface area contributed by atoms with Gasteiger partial charge in [0.15, 0.2) is 0 Å². The molecule has 6 nitrogen and oxygen atoms in total. The van der Waals surface area contributed by atoms with Gasteiger partial charge in [-0.15, -0.1) is 0 Å². The highest BCUT2D eigenvalue weighted by atomic mass is 16.7. The molecule has 0 aromatic heterocycles. The number of benzene rings is 2. The van der Waals surface area contributed by atoms with Crippen molar-refractivity contribution in [2.24, 2.45) is 0 Å². The summed E-state index contributed by atoms with van der Waals surface area (Å²) in [5, 5.41) is 0. The van der Waals surface area contributed by atoms with Gasteiger partial charge < -0.3 is 9.57 Å². The first kappa shape index (κ1) is 14.5. The highest BCUT2D eigenvalue weighted by Gasteiger charge is 2.07. The zero-order valence-electron chi connectivity index (χ0n) is 11.1. The molecule has 108 valence electrons. The number of nitrogens with one attached hydrogen (secondary N) is 2. The minimum absolute atomic E-state index is 0.335. The minimum atomic E-state index is -0.612. The van der Waals surface area contributed by atoms with E-state index in [4.69, 9.17) is 4.74 Å². The van der Waals surface area contributed by atoms with E-state index in [1.165, 1.54) is 0 Å². The molecule has 0 atom stereocenters. The van der Waals surface area contributed by atoms with Crippen LogP contribution in [0, 0.1) is 0 Å². The largest absolute Gasteiger partial charge is 0.489 e. The monoisotopic (exact) mass is 286 g/mol. The van der Waals surface area contributed by atoms with Crippen molar-refractivity contribution >= 4 is 12.4 Å². The van der Waals surface area contributed by atoms with E-state index in [1.54, 1.807) is 24.3 Å². The summed E-state index contributed by atoms with van der Waals surface area (Å²) in [6, 6.07) is 16.3. The summed E-state index contributed by atoms with van der Waals surface area (Å²) in [7, 11) is 0. The number of hydrazine groups is 1. The Balaban J connectivity index is 1.86. The lowest BCUT2D eigenvalue weighted by Crippen LogP contribution is -2.32. The molecule has 0 unspecified atom stereocenters. The summed E-state index contributed by atoms with van der Waals surface area (Å²) in [6.45, 7) is 0.454. The van der Waals surface area contributed by atoms with Crippen molar-refractivity contribution in [1.82, 2.24) is 11.0 Å². The van der Waals surface area contributed by atoms with Gasteiger partial charge in [-0.3, -0.25) is 10.2 Å². The maximum atomic E-state index is 11.5. The second-order valence-corrected chi connectivity index (χ2v) is 4.05. The highest BCUT2D eigenvalue weighted by molar-refractivity contribution is 5.89.